The van der Waals surface area contributed by atoms with Crippen LogP contribution in [0.15, 0.2) is 42.6 Å². The molecular weight excluding hydrogens is 308 g/mol. The highest BCUT2D eigenvalue weighted by molar-refractivity contribution is 5.42. The lowest BCUT2D eigenvalue weighted by Gasteiger charge is -2.39. The van der Waals surface area contributed by atoms with Crippen LogP contribution in [-0.4, -0.2) is 27.4 Å². The molecule has 0 spiro atoms. The smallest absolute Gasteiger partial charge is 0.159 e. The van der Waals surface area contributed by atoms with Gasteiger partial charge in [-0.3, -0.25) is 4.90 Å². The van der Waals surface area contributed by atoms with E-state index in [-0.39, 0.29) is 0 Å². The zero-order chi connectivity index (χ0) is 16.7. The molecule has 24 heavy (non-hydrogen) atoms. The summed E-state index contributed by atoms with van der Waals surface area (Å²) < 4.78 is 28.4. The van der Waals surface area contributed by atoms with Crippen LogP contribution >= 0.6 is 0 Å². The molecule has 0 bridgehead atoms. The number of rotatable bonds is 4. The number of hydrogen-bond donors (Lipinski definition) is 0. The van der Waals surface area contributed by atoms with Gasteiger partial charge < -0.3 is 4.40 Å². The van der Waals surface area contributed by atoms with E-state index in [1.54, 1.807) is 6.07 Å². The third-order valence-corrected chi connectivity index (χ3v) is 4.72. The summed E-state index contributed by atoms with van der Waals surface area (Å²) in [7, 11) is 0. The number of aromatic nitrogens is 2. The van der Waals surface area contributed by atoms with Gasteiger partial charge in [0, 0.05) is 25.3 Å². The third-order valence-electron chi connectivity index (χ3n) is 4.72. The molecule has 1 aromatic carbocycles. The average molecular weight is 327 g/mol. The van der Waals surface area contributed by atoms with Gasteiger partial charge in [-0.05, 0) is 49.1 Å². The Kier molecular flexibility index (Phi) is 3.81. The minimum atomic E-state index is -0.781. The van der Waals surface area contributed by atoms with Crippen molar-refractivity contribution in [1.29, 1.82) is 0 Å². The largest absolute Gasteiger partial charge is 0.300 e. The molecule has 5 heteroatoms. The summed E-state index contributed by atoms with van der Waals surface area (Å²) in [5.74, 6) is -1.04. The van der Waals surface area contributed by atoms with Crippen molar-refractivity contribution in [2.24, 2.45) is 5.92 Å². The monoisotopic (exact) mass is 327 g/mol. The van der Waals surface area contributed by atoms with Gasteiger partial charge in [-0.15, -0.1) is 0 Å². The first-order chi connectivity index (χ1) is 11.6. The lowest BCUT2D eigenvalue weighted by molar-refractivity contribution is 0.0908. The van der Waals surface area contributed by atoms with E-state index in [4.69, 9.17) is 0 Å². The Labute approximate surface area is 139 Å². The van der Waals surface area contributed by atoms with Crippen molar-refractivity contribution in [3.63, 3.8) is 0 Å². The minimum Gasteiger partial charge on any atom is -0.300 e. The second-order valence-electron chi connectivity index (χ2n) is 6.62. The number of fused-ring (bicyclic) bond motifs is 1. The number of pyridine rings is 1. The molecular formula is C19H19F2N3. The molecule has 0 N–H and O–H groups in total. The van der Waals surface area contributed by atoms with Crippen molar-refractivity contribution >= 4 is 5.65 Å². The highest BCUT2D eigenvalue weighted by Gasteiger charge is 2.27. The number of aryl methyl sites for hydroxylation is 1. The van der Waals surface area contributed by atoms with Crippen molar-refractivity contribution in [1.82, 2.24) is 14.3 Å². The van der Waals surface area contributed by atoms with Gasteiger partial charge in [-0.25, -0.2) is 13.8 Å². The standard InChI is InChI=1S/C19H19F2N3/c1-13-3-2-4-19-22-9-16(24(13)19)12-23-10-15(11-23)7-14-5-6-17(20)18(21)8-14/h2-6,8-9,15H,7,10-12H2,1H3. The second-order valence-corrected chi connectivity index (χ2v) is 6.62. The first-order valence-corrected chi connectivity index (χ1v) is 8.18. The molecule has 4 rings (SSSR count). The van der Waals surface area contributed by atoms with E-state index in [1.165, 1.54) is 23.5 Å². The van der Waals surface area contributed by atoms with Crippen LogP contribution in [0.3, 0.4) is 0 Å². The first kappa shape index (κ1) is 15.3. The van der Waals surface area contributed by atoms with Crippen molar-refractivity contribution < 1.29 is 8.78 Å². The third kappa shape index (κ3) is 2.80. The molecule has 3 nitrogen and oxygen atoms in total. The van der Waals surface area contributed by atoms with Crippen LogP contribution in [0.2, 0.25) is 0 Å². The topological polar surface area (TPSA) is 20.5 Å². The molecule has 3 aromatic rings. The van der Waals surface area contributed by atoms with Crippen molar-refractivity contribution in [2.75, 3.05) is 13.1 Å². The maximum atomic E-state index is 13.3. The van der Waals surface area contributed by atoms with E-state index in [0.29, 0.717) is 5.92 Å². The molecule has 0 amide bonds. The van der Waals surface area contributed by atoms with Crippen molar-refractivity contribution in [3.05, 3.63) is 71.2 Å². The summed E-state index contributed by atoms with van der Waals surface area (Å²) in [6, 6.07) is 10.3. The number of imidazole rings is 1. The van der Waals surface area contributed by atoms with Crippen LogP contribution in [0.4, 0.5) is 8.78 Å². The zero-order valence-electron chi connectivity index (χ0n) is 13.5. The summed E-state index contributed by atoms with van der Waals surface area (Å²) in [5, 5.41) is 0. The van der Waals surface area contributed by atoms with Gasteiger partial charge in [0.05, 0.1) is 11.9 Å². The molecule has 1 fully saturated rings. The number of hydrogen-bond acceptors (Lipinski definition) is 2. The van der Waals surface area contributed by atoms with Crippen LogP contribution in [0.25, 0.3) is 5.65 Å². The zero-order valence-corrected chi connectivity index (χ0v) is 13.5. The first-order valence-electron chi connectivity index (χ1n) is 8.18. The number of nitrogens with zero attached hydrogens (tertiary/aromatic N) is 3. The predicted molar refractivity (Wildman–Crippen MR) is 88.8 cm³/mol. The van der Waals surface area contributed by atoms with Gasteiger partial charge in [0.25, 0.3) is 0 Å². The molecule has 0 radical (unpaired) electrons. The molecule has 1 aliphatic rings. The van der Waals surface area contributed by atoms with E-state index in [1.807, 2.05) is 18.3 Å². The lowest BCUT2D eigenvalue weighted by Crippen LogP contribution is -2.47. The average Bonchev–Trinajstić information content (AvgIpc) is 2.93. The SMILES string of the molecule is Cc1cccc2ncc(CN3CC(Cc4ccc(F)c(F)c4)C3)n12. The summed E-state index contributed by atoms with van der Waals surface area (Å²) in [4.78, 5) is 6.82. The molecule has 3 heterocycles. The van der Waals surface area contributed by atoms with Crippen LogP contribution in [0.5, 0.6) is 0 Å². The molecule has 124 valence electrons. The summed E-state index contributed by atoms with van der Waals surface area (Å²) in [6.45, 7) is 4.89. The molecule has 0 aliphatic carbocycles. The Morgan fingerprint density at radius 1 is 1.12 bits per heavy atom. The highest BCUT2D eigenvalue weighted by atomic mass is 19.2. The number of halogens is 2. The summed E-state index contributed by atoms with van der Waals surface area (Å²) >= 11 is 0. The van der Waals surface area contributed by atoms with E-state index >= 15 is 0 Å². The maximum Gasteiger partial charge on any atom is 0.159 e. The van der Waals surface area contributed by atoms with Crippen LogP contribution in [-0.2, 0) is 13.0 Å². The highest BCUT2D eigenvalue weighted by Crippen LogP contribution is 2.24. The van der Waals surface area contributed by atoms with Gasteiger partial charge in [-0.1, -0.05) is 12.1 Å². The van der Waals surface area contributed by atoms with Gasteiger partial charge in [0.1, 0.15) is 5.65 Å². The van der Waals surface area contributed by atoms with Crippen LogP contribution < -0.4 is 0 Å². The fourth-order valence-electron chi connectivity index (χ4n) is 3.55. The molecule has 0 unspecified atom stereocenters. The maximum absolute atomic E-state index is 13.3. The van der Waals surface area contributed by atoms with Crippen LogP contribution in [0, 0.1) is 24.5 Å². The van der Waals surface area contributed by atoms with Gasteiger partial charge in [0.15, 0.2) is 11.6 Å². The summed E-state index contributed by atoms with van der Waals surface area (Å²) in [5.41, 5.74) is 4.21. The van der Waals surface area contributed by atoms with E-state index < -0.39 is 11.6 Å². The predicted octanol–water partition coefficient (Wildman–Crippen LogP) is 3.60. The molecule has 0 saturated carbocycles. The number of benzene rings is 1. The van der Waals surface area contributed by atoms with E-state index in [0.717, 1.165) is 37.3 Å². The Morgan fingerprint density at radius 2 is 1.96 bits per heavy atom. The summed E-state index contributed by atoms with van der Waals surface area (Å²) in [6.07, 6.45) is 2.73. The molecule has 2 aromatic heterocycles. The lowest BCUT2D eigenvalue weighted by atomic mass is 9.92. The van der Waals surface area contributed by atoms with E-state index in [2.05, 4.69) is 27.3 Å². The van der Waals surface area contributed by atoms with Gasteiger partial charge >= 0.3 is 0 Å². The fourth-order valence-corrected chi connectivity index (χ4v) is 3.55. The van der Waals surface area contributed by atoms with Gasteiger partial charge in [-0.2, -0.15) is 0 Å². The normalized spacial score (nSPS) is 15.8. The Balaban J connectivity index is 1.38. The van der Waals surface area contributed by atoms with Crippen LogP contribution in [0.1, 0.15) is 17.0 Å². The minimum absolute atomic E-state index is 0.496. The number of likely N-dealkylation sites (tertiary alicyclic amines) is 1. The molecule has 0 atom stereocenters. The van der Waals surface area contributed by atoms with Gasteiger partial charge in [0.2, 0.25) is 0 Å². The van der Waals surface area contributed by atoms with E-state index in [9.17, 15) is 8.78 Å². The molecule has 1 saturated heterocycles. The Bertz CT molecular complexity index is 881. The van der Waals surface area contributed by atoms with Crippen molar-refractivity contribution in [2.45, 2.75) is 19.9 Å². The van der Waals surface area contributed by atoms with Crippen molar-refractivity contribution in [3.8, 4) is 0 Å². The Morgan fingerprint density at radius 3 is 2.75 bits per heavy atom. The Hall–Kier alpha value is -2.27. The fraction of sp³-hybridized carbons (Fsp3) is 0.316. The second kappa shape index (κ2) is 5.98. The molecule has 1 aliphatic heterocycles. The quantitative estimate of drug-likeness (QED) is 0.730.